The lowest BCUT2D eigenvalue weighted by Gasteiger charge is -2.06. The molecular formula is C16H16FNO2S. The van der Waals surface area contributed by atoms with Gasteiger partial charge in [-0.15, -0.1) is 11.8 Å². The van der Waals surface area contributed by atoms with Crippen molar-refractivity contribution in [2.45, 2.75) is 17.6 Å². The maximum absolute atomic E-state index is 13.6. The van der Waals surface area contributed by atoms with Gasteiger partial charge in [0.05, 0.1) is 7.11 Å². The molecule has 2 aromatic rings. The van der Waals surface area contributed by atoms with Crippen LogP contribution in [0.3, 0.4) is 0 Å². The summed E-state index contributed by atoms with van der Waals surface area (Å²) in [4.78, 5) is 12.0. The van der Waals surface area contributed by atoms with Gasteiger partial charge in [0, 0.05) is 23.3 Å². The molecule has 0 fully saturated rings. The van der Waals surface area contributed by atoms with Crippen LogP contribution in [0.4, 0.5) is 10.1 Å². The summed E-state index contributed by atoms with van der Waals surface area (Å²) in [5, 5.41) is 2.71. The number of methoxy groups -OCH3 is 1. The molecule has 110 valence electrons. The van der Waals surface area contributed by atoms with Crippen molar-refractivity contribution in [3.63, 3.8) is 0 Å². The molecule has 0 spiro atoms. The van der Waals surface area contributed by atoms with E-state index in [1.807, 2.05) is 30.3 Å². The minimum absolute atomic E-state index is 0.0934. The van der Waals surface area contributed by atoms with Gasteiger partial charge in [0.1, 0.15) is 0 Å². The smallest absolute Gasteiger partial charge is 0.221 e. The Bertz CT molecular complexity index is 629. The highest BCUT2D eigenvalue weighted by molar-refractivity contribution is 7.98. The molecule has 0 unspecified atom stereocenters. The molecule has 0 radical (unpaired) electrons. The van der Waals surface area contributed by atoms with Crippen LogP contribution in [0.25, 0.3) is 0 Å². The van der Waals surface area contributed by atoms with Crippen LogP contribution in [0.5, 0.6) is 5.75 Å². The van der Waals surface area contributed by atoms with Crippen LogP contribution in [0, 0.1) is 5.82 Å². The normalized spacial score (nSPS) is 10.2. The summed E-state index contributed by atoms with van der Waals surface area (Å²) in [6, 6.07) is 12.5. The van der Waals surface area contributed by atoms with Crippen molar-refractivity contribution < 1.29 is 13.9 Å². The minimum Gasteiger partial charge on any atom is -0.494 e. The molecule has 1 amide bonds. The number of carbonyl (C=O) groups is 1. The van der Waals surface area contributed by atoms with Crippen molar-refractivity contribution in [1.82, 2.24) is 0 Å². The van der Waals surface area contributed by atoms with E-state index in [1.54, 1.807) is 17.8 Å². The van der Waals surface area contributed by atoms with E-state index in [1.165, 1.54) is 20.1 Å². The lowest BCUT2D eigenvalue weighted by atomic mass is 10.2. The fourth-order valence-corrected chi connectivity index (χ4v) is 2.65. The summed E-state index contributed by atoms with van der Waals surface area (Å²) >= 11 is 1.60. The topological polar surface area (TPSA) is 38.3 Å². The third kappa shape index (κ3) is 4.49. The van der Waals surface area contributed by atoms with Crippen molar-refractivity contribution in [2.75, 3.05) is 12.4 Å². The first-order valence-corrected chi connectivity index (χ1v) is 7.40. The van der Waals surface area contributed by atoms with Crippen LogP contribution in [0.1, 0.15) is 12.5 Å². The van der Waals surface area contributed by atoms with Gasteiger partial charge in [0.15, 0.2) is 11.6 Å². The molecule has 5 heteroatoms. The SMILES string of the molecule is COc1ccc(CSc2ccc(NC(C)=O)cc2)cc1F. The summed E-state index contributed by atoms with van der Waals surface area (Å²) in [6.45, 7) is 1.47. The van der Waals surface area contributed by atoms with Gasteiger partial charge >= 0.3 is 0 Å². The van der Waals surface area contributed by atoms with Gasteiger partial charge in [-0.05, 0) is 42.0 Å². The Hall–Kier alpha value is -2.01. The maximum Gasteiger partial charge on any atom is 0.221 e. The quantitative estimate of drug-likeness (QED) is 0.846. The van der Waals surface area contributed by atoms with E-state index < -0.39 is 0 Å². The van der Waals surface area contributed by atoms with Crippen LogP contribution in [-0.2, 0) is 10.5 Å². The number of thioether (sulfide) groups is 1. The second-order valence-electron chi connectivity index (χ2n) is 4.46. The zero-order chi connectivity index (χ0) is 15.2. The number of anilines is 1. The molecule has 0 heterocycles. The maximum atomic E-state index is 13.6. The standard InChI is InChI=1S/C16H16FNO2S/c1-11(19)18-13-4-6-14(7-5-13)21-10-12-3-8-16(20-2)15(17)9-12/h3-9H,10H2,1-2H3,(H,18,19). The van der Waals surface area contributed by atoms with Gasteiger partial charge in [-0.25, -0.2) is 4.39 Å². The number of hydrogen-bond acceptors (Lipinski definition) is 3. The second-order valence-corrected chi connectivity index (χ2v) is 5.51. The number of carbonyl (C=O) groups excluding carboxylic acids is 1. The van der Waals surface area contributed by atoms with Crippen LogP contribution in [-0.4, -0.2) is 13.0 Å². The largest absolute Gasteiger partial charge is 0.494 e. The first-order chi connectivity index (χ1) is 10.1. The van der Waals surface area contributed by atoms with Crippen LogP contribution < -0.4 is 10.1 Å². The third-order valence-electron chi connectivity index (χ3n) is 2.80. The predicted octanol–water partition coefficient (Wildman–Crippen LogP) is 4.09. The third-order valence-corrected chi connectivity index (χ3v) is 3.88. The molecule has 0 bridgehead atoms. The zero-order valence-corrected chi connectivity index (χ0v) is 12.7. The molecule has 2 aromatic carbocycles. The van der Waals surface area contributed by atoms with Crippen LogP contribution >= 0.6 is 11.8 Å². The Balaban J connectivity index is 1.96. The number of hydrogen-bond donors (Lipinski definition) is 1. The lowest BCUT2D eigenvalue weighted by Crippen LogP contribution is -2.05. The second kappa shape index (κ2) is 7.13. The van der Waals surface area contributed by atoms with E-state index in [-0.39, 0.29) is 17.5 Å². The molecule has 0 aliphatic rings. The van der Waals surface area contributed by atoms with Crippen molar-refractivity contribution in [3.05, 3.63) is 53.8 Å². The molecule has 0 atom stereocenters. The number of benzene rings is 2. The molecule has 0 aliphatic carbocycles. The molecule has 0 saturated heterocycles. The Morgan fingerprint density at radius 3 is 2.52 bits per heavy atom. The molecule has 21 heavy (non-hydrogen) atoms. The van der Waals surface area contributed by atoms with Gasteiger partial charge in [-0.2, -0.15) is 0 Å². The average molecular weight is 305 g/mol. The number of ether oxygens (including phenoxy) is 1. The summed E-state index contributed by atoms with van der Waals surface area (Å²) in [6.07, 6.45) is 0. The van der Waals surface area contributed by atoms with E-state index in [4.69, 9.17) is 4.74 Å². The number of amides is 1. The highest BCUT2D eigenvalue weighted by atomic mass is 32.2. The summed E-state index contributed by atoms with van der Waals surface area (Å²) < 4.78 is 18.5. The summed E-state index contributed by atoms with van der Waals surface area (Å²) in [5.74, 6) is 0.476. The van der Waals surface area contributed by atoms with Gasteiger partial charge in [-0.1, -0.05) is 6.07 Å². The minimum atomic E-state index is -0.350. The Labute approximate surface area is 127 Å². The predicted molar refractivity (Wildman–Crippen MR) is 83.3 cm³/mol. The average Bonchev–Trinajstić information content (AvgIpc) is 2.46. The van der Waals surface area contributed by atoms with E-state index >= 15 is 0 Å². The van der Waals surface area contributed by atoms with Gasteiger partial charge in [0.25, 0.3) is 0 Å². The fourth-order valence-electron chi connectivity index (χ4n) is 1.80. The van der Waals surface area contributed by atoms with Crippen molar-refractivity contribution >= 4 is 23.4 Å². The van der Waals surface area contributed by atoms with E-state index in [2.05, 4.69) is 5.32 Å². The molecule has 0 aliphatic heterocycles. The zero-order valence-electron chi connectivity index (χ0n) is 11.9. The van der Waals surface area contributed by atoms with Crippen LogP contribution in [0.15, 0.2) is 47.4 Å². The first-order valence-electron chi connectivity index (χ1n) is 6.41. The highest BCUT2D eigenvalue weighted by Gasteiger charge is 2.04. The van der Waals surface area contributed by atoms with E-state index in [0.29, 0.717) is 5.75 Å². The van der Waals surface area contributed by atoms with Crippen molar-refractivity contribution in [3.8, 4) is 5.75 Å². The summed E-state index contributed by atoms with van der Waals surface area (Å²) in [5.41, 5.74) is 1.66. The van der Waals surface area contributed by atoms with Gasteiger partial charge in [-0.3, -0.25) is 4.79 Å². The lowest BCUT2D eigenvalue weighted by molar-refractivity contribution is -0.114. The Morgan fingerprint density at radius 1 is 1.24 bits per heavy atom. The van der Waals surface area contributed by atoms with Gasteiger partial charge < -0.3 is 10.1 Å². The Morgan fingerprint density at radius 2 is 1.95 bits per heavy atom. The molecule has 2 rings (SSSR count). The number of nitrogens with one attached hydrogen (secondary N) is 1. The molecular weight excluding hydrogens is 289 g/mol. The monoisotopic (exact) mass is 305 g/mol. The molecule has 0 aromatic heterocycles. The van der Waals surface area contributed by atoms with E-state index in [9.17, 15) is 9.18 Å². The Kier molecular flexibility index (Phi) is 5.22. The van der Waals surface area contributed by atoms with Crippen molar-refractivity contribution in [2.24, 2.45) is 0 Å². The fraction of sp³-hybridized carbons (Fsp3) is 0.188. The molecule has 1 N–H and O–H groups in total. The molecule has 0 saturated carbocycles. The number of halogens is 1. The number of rotatable bonds is 5. The highest BCUT2D eigenvalue weighted by Crippen LogP contribution is 2.26. The first kappa shape index (κ1) is 15.4. The van der Waals surface area contributed by atoms with Crippen molar-refractivity contribution in [1.29, 1.82) is 0 Å². The summed E-state index contributed by atoms with van der Waals surface area (Å²) in [7, 11) is 1.45. The van der Waals surface area contributed by atoms with Crippen LogP contribution in [0.2, 0.25) is 0 Å². The van der Waals surface area contributed by atoms with E-state index in [0.717, 1.165) is 16.1 Å². The molecule has 3 nitrogen and oxygen atoms in total. The van der Waals surface area contributed by atoms with Gasteiger partial charge in [0.2, 0.25) is 5.91 Å².